The molecule has 0 bridgehead atoms. The molecule has 2 heterocycles. The summed E-state index contributed by atoms with van der Waals surface area (Å²) in [5.41, 5.74) is 1.71. The van der Waals surface area contributed by atoms with E-state index in [1.54, 1.807) is 21.1 Å². The Kier molecular flexibility index (Phi) is 7.99. The van der Waals surface area contributed by atoms with Crippen LogP contribution in [0, 0.1) is 6.92 Å². The number of hydrogen-bond acceptors (Lipinski definition) is 7. The molecule has 0 atom stereocenters. The van der Waals surface area contributed by atoms with Gasteiger partial charge in [0, 0.05) is 44.2 Å². The Bertz CT molecular complexity index is 1010. The van der Waals surface area contributed by atoms with Crippen molar-refractivity contribution < 1.29 is 19.1 Å². The third-order valence-electron chi connectivity index (χ3n) is 5.48. The van der Waals surface area contributed by atoms with Crippen LogP contribution in [0.3, 0.4) is 0 Å². The number of ketones is 1. The van der Waals surface area contributed by atoms with E-state index in [1.807, 2.05) is 29.2 Å². The molecule has 9 heteroatoms. The predicted octanol–water partition coefficient (Wildman–Crippen LogP) is 1.13. The Hall–Kier alpha value is -3.20. The lowest BCUT2D eigenvalue weighted by molar-refractivity contribution is -0.133. The number of nitrogens with one attached hydrogen (secondary N) is 1. The molecule has 1 aromatic heterocycles. The first-order valence-corrected chi connectivity index (χ1v) is 10.7. The van der Waals surface area contributed by atoms with Gasteiger partial charge < -0.3 is 19.3 Å². The first-order valence-electron chi connectivity index (χ1n) is 10.7. The molecule has 1 aliphatic heterocycles. The molecular weight excluding hydrogens is 412 g/mol. The van der Waals surface area contributed by atoms with Crippen LogP contribution in [-0.4, -0.2) is 73.6 Å². The summed E-state index contributed by atoms with van der Waals surface area (Å²) in [5.74, 6) is 0.958. The van der Waals surface area contributed by atoms with Crippen LogP contribution in [0.15, 0.2) is 29.1 Å². The zero-order valence-electron chi connectivity index (χ0n) is 18.8. The quantitative estimate of drug-likeness (QED) is 0.621. The molecule has 0 saturated carbocycles. The van der Waals surface area contributed by atoms with E-state index >= 15 is 0 Å². The number of Topliss-reactive ketones (excluding diaryl/α,β-unsaturated/α-hetero) is 1. The Labute approximate surface area is 187 Å². The lowest BCUT2D eigenvalue weighted by atomic mass is 10.1. The highest BCUT2D eigenvalue weighted by Gasteiger charge is 2.18. The average Bonchev–Trinajstić information content (AvgIpc) is 2.78. The summed E-state index contributed by atoms with van der Waals surface area (Å²) in [7, 11) is 3.18. The van der Waals surface area contributed by atoms with Gasteiger partial charge in [-0.25, -0.2) is 4.98 Å². The molecule has 32 heavy (non-hydrogen) atoms. The van der Waals surface area contributed by atoms with Crippen molar-refractivity contribution in [1.82, 2.24) is 14.9 Å². The summed E-state index contributed by atoms with van der Waals surface area (Å²) >= 11 is 0. The van der Waals surface area contributed by atoms with Gasteiger partial charge in [0.25, 0.3) is 5.56 Å². The molecule has 1 aromatic carbocycles. The van der Waals surface area contributed by atoms with Gasteiger partial charge in [0.15, 0.2) is 5.78 Å². The molecule has 1 N–H and O–H groups in total. The Morgan fingerprint density at radius 1 is 1.28 bits per heavy atom. The predicted molar refractivity (Wildman–Crippen MR) is 120 cm³/mol. The standard InChI is InChI=1S/C23H30N4O5/c1-16-20(22(30)25-23(24-16)27-9-11-32-12-10-27)7-8-21(29)26(2)15-18(28)13-17-5-4-6-19(14-17)31-3/h4-6,14H,7-13,15H2,1-3H3,(H,24,25,30). The number of likely N-dealkylation sites (N-methyl/N-ethyl adjacent to an activating group) is 1. The number of benzene rings is 1. The van der Waals surface area contributed by atoms with Crippen LogP contribution in [0.4, 0.5) is 5.95 Å². The van der Waals surface area contributed by atoms with E-state index in [9.17, 15) is 14.4 Å². The number of aromatic nitrogens is 2. The molecule has 2 aromatic rings. The number of methoxy groups -OCH3 is 1. The number of hydrogen-bond donors (Lipinski definition) is 1. The second kappa shape index (κ2) is 10.9. The number of amides is 1. The van der Waals surface area contributed by atoms with E-state index in [0.29, 0.717) is 49.3 Å². The molecule has 1 aliphatic rings. The van der Waals surface area contributed by atoms with Crippen LogP contribution < -0.4 is 15.2 Å². The van der Waals surface area contributed by atoms with E-state index in [2.05, 4.69) is 9.97 Å². The van der Waals surface area contributed by atoms with Gasteiger partial charge in [0.05, 0.1) is 26.9 Å². The highest BCUT2D eigenvalue weighted by molar-refractivity contribution is 5.87. The van der Waals surface area contributed by atoms with Crippen LogP contribution in [0.5, 0.6) is 5.75 Å². The minimum atomic E-state index is -0.233. The number of aryl methyl sites for hydroxylation is 1. The summed E-state index contributed by atoms with van der Waals surface area (Å²) in [4.78, 5) is 48.2. The lowest BCUT2D eigenvalue weighted by Gasteiger charge is -2.27. The molecule has 172 valence electrons. The largest absolute Gasteiger partial charge is 0.497 e. The van der Waals surface area contributed by atoms with Crippen LogP contribution >= 0.6 is 0 Å². The van der Waals surface area contributed by atoms with E-state index < -0.39 is 0 Å². The first-order chi connectivity index (χ1) is 15.4. The number of carbonyl (C=O) groups excluding carboxylic acids is 2. The number of nitrogens with zero attached hydrogens (tertiary/aromatic N) is 3. The van der Waals surface area contributed by atoms with Crippen LogP contribution in [0.25, 0.3) is 0 Å². The summed E-state index contributed by atoms with van der Waals surface area (Å²) in [6.07, 6.45) is 0.622. The number of rotatable bonds is 9. The highest BCUT2D eigenvalue weighted by Crippen LogP contribution is 2.14. The molecule has 0 aliphatic carbocycles. The maximum atomic E-state index is 12.6. The third kappa shape index (κ3) is 6.16. The topological polar surface area (TPSA) is 105 Å². The number of aromatic amines is 1. The molecule has 0 spiro atoms. The second-order valence-electron chi connectivity index (χ2n) is 7.87. The monoisotopic (exact) mass is 442 g/mol. The third-order valence-corrected chi connectivity index (χ3v) is 5.48. The molecule has 3 rings (SSSR count). The highest BCUT2D eigenvalue weighted by atomic mass is 16.5. The van der Waals surface area contributed by atoms with E-state index in [-0.39, 0.29) is 43.1 Å². The van der Waals surface area contributed by atoms with Crippen molar-refractivity contribution in [1.29, 1.82) is 0 Å². The molecule has 0 unspecified atom stereocenters. The summed E-state index contributed by atoms with van der Waals surface area (Å²) in [5, 5.41) is 0. The average molecular weight is 443 g/mol. The SMILES string of the molecule is COc1cccc(CC(=O)CN(C)C(=O)CCc2c(C)nc(N3CCOCC3)[nH]c2=O)c1. The fourth-order valence-corrected chi connectivity index (χ4v) is 3.66. The van der Waals surface area contributed by atoms with Gasteiger partial charge in [-0.15, -0.1) is 0 Å². The van der Waals surface area contributed by atoms with E-state index in [4.69, 9.17) is 9.47 Å². The van der Waals surface area contributed by atoms with Crippen molar-refractivity contribution in [2.75, 3.05) is 51.9 Å². The van der Waals surface area contributed by atoms with Gasteiger partial charge in [-0.1, -0.05) is 12.1 Å². The smallest absolute Gasteiger partial charge is 0.255 e. The van der Waals surface area contributed by atoms with Gasteiger partial charge in [-0.2, -0.15) is 0 Å². The fourth-order valence-electron chi connectivity index (χ4n) is 3.66. The lowest BCUT2D eigenvalue weighted by Crippen LogP contribution is -2.39. The fraction of sp³-hybridized carbons (Fsp3) is 0.478. The number of H-pyrrole nitrogens is 1. The minimum Gasteiger partial charge on any atom is -0.497 e. The van der Waals surface area contributed by atoms with Crippen LogP contribution in [-0.2, 0) is 27.2 Å². The van der Waals surface area contributed by atoms with Crippen molar-refractivity contribution in [3.63, 3.8) is 0 Å². The van der Waals surface area contributed by atoms with Gasteiger partial charge in [-0.05, 0) is 31.0 Å². The van der Waals surface area contributed by atoms with Crippen molar-refractivity contribution in [3.05, 3.63) is 51.4 Å². The maximum absolute atomic E-state index is 12.6. The Morgan fingerprint density at radius 2 is 2.03 bits per heavy atom. The summed E-state index contributed by atoms with van der Waals surface area (Å²) in [6, 6.07) is 7.30. The normalized spacial score (nSPS) is 13.7. The van der Waals surface area contributed by atoms with Crippen molar-refractivity contribution >= 4 is 17.6 Å². The maximum Gasteiger partial charge on any atom is 0.255 e. The number of ether oxygens (including phenoxy) is 2. The number of anilines is 1. The molecule has 1 saturated heterocycles. The van der Waals surface area contributed by atoms with Crippen LogP contribution in [0.2, 0.25) is 0 Å². The summed E-state index contributed by atoms with van der Waals surface area (Å²) < 4.78 is 10.5. The Balaban J connectivity index is 1.54. The zero-order valence-corrected chi connectivity index (χ0v) is 18.8. The van der Waals surface area contributed by atoms with Crippen molar-refractivity contribution in [2.45, 2.75) is 26.2 Å². The van der Waals surface area contributed by atoms with Crippen LogP contribution in [0.1, 0.15) is 23.2 Å². The van der Waals surface area contributed by atoms with Crippen molar-refractivity contribution in [3.8, 4) is 5.75 Å². The molecular formula is C23H30N4O5. The first kappa shape index (κ1) is 23.5. The second-order valence-corrected chi connectivity index (χ2v) is 7.87. The minimum absolute atomic E-state index is 0.0135. The van der Waals surface area contributed by atoms with Gasteiger partial charge in [0.2, 0.25) is 11.9 Å². The van der Waals surface area contributed by atoms with Gasteiger partial charge >= 0.3 is 0 Å². The summed E-state index contributed by atoms with van der Waals surface area (Å²) in [6.45, 7) is 4.34. The van der Waals surface area contributed by atoms with Gasteiger partial charge in [0.1, 0.15) is 5.75 Å². The molecule has 9 nitrogen and oxygen atoms in total. The number of morpholine rings is 1. The Morgan fingerprint density at radius 3 is 2.72 bits per heavy atom. The van der Waals surface area contributed by atoms with E-state index in [0.717, 1.165) is 5.56 Å². The van der Waals surface area contributed by atoms with E-state index in [1.165, 1.54) is 4.90 Å². The molecule has 0 radical (unpaired) electrons. The van der Waals surface area contributed by atoms with Crippen molar-refractivity contribution in [2.24, 2.45) is 0 Å². The molecule has 1 amide bonds. The molecule has 1 fully saturated rings. The van der Waals surface area contributed by atoms with Gasteiger partial charge in [-0.3, -0.25) is 19.4 Å². The number of carbonyl (C=O) groups is 2. The zero-order chi connectivity index (χ0) is 23.1.